The van der Waals surface area contributed by atoms with Crippen molar-refractivity contribution in [3.05, 3.63) is 59.2 Å². The summed E-state index contributed by atoms with van der Waals surface area (Å²) in [6, 6.07) is 11.7. The molecule has 0 aliphatic carbocycles. The second-order valence-electron chi connectivity index (χ2n) is 8.44. The zero-order valence-electron chi connectivity index (χ0n) is 19.5. The first-order valence-electron chi connectivity index (χ1n) is 11.6. The maximum absolute atomic E-state index is 13.1. The normalized spacial score (nSPS) is 19.2. The lowest BCUT2D eigenvalue weighted by Gasteiger charge is -2.28. The lowest BCUT2D eigenvalue weighted by molar-refractivity contribution is -0.139. The smallest absolute Gasteiger partial charge is 0.295 e. The van der Waals surface area contributed by atoms with Crippen LogP contribution in [0.5, 0.6) is 11.5 Å². The first-order valence-corrected chi connectivity index (χ1v) is 11.6. The van der Waals surface area contributed by atoms with Crippen LogP contribution in [0.3, 0.4) is 0 Å². The highest BCUT2D eigenvalue weighted by molar-refractivity contribution is 6.46. The van der Waals surface area contributed by atoms with E-state index < -0.39 is 17.7 Å². The highest BCUT2D eigenvalue weighted by Gasteiger charge is 2.45. The van der Waals surface area contributed by atoms with Crippen LogP contribution in [0.15, 0.2) is 48.0 Å². The van der Waals surface area contributed by atoms with Crippen molar-refractivity contribution < 1.29 is 29.3 Å². The van der Waals surface area contributed by atoms with Crippen molar-refractivity contribution in [3.63, 3.8) is 0 Å². The molecule has 2 aromatic rings. The van der Waals surface area contributed by atoms with E-state index in [2.05, 4.69) is 0 Å². The van der Waals surface area contributed by atoms with Gasteiger partial charge in [0.25, 0.3) is 11.7 Å². The van der Waals surface area contributed by atoms with E-state index in [-0.39, 0.29) is 17.9 Å². The zero-order chi connectivity index (χ0) is 24.2. The molecular formula is C26H30N2O6. The third-order valence-electron chi connectivity index (χ3n) is 6.08. The molecular weight excluding hydrogens is 436 g/mol. The number of aliphatic hydroxyl groups excluding tert-OH is 2. The van der Waals surface area contributed by atoms with Crippen molar-refractivity contribution >= 4 is 23.1 Å². The molecule has 8 heteroatoms. The SMILES string of the molecule is CCCN1C(=O)C(=O)/C(=C(\O)c2ccc3c(c2)N(C)CCO3)C1c1cccc(OCCCO)c1. The van der Waals surface area contributed by atoms with Gasteiger partial charge >= 0.3 is 0 Å². The summed E-state index contributed by atoms with van der Waals surface area (Å²) < 4.78 is 11.4. The van der Waals surface area contributed by atoms with E-state index >= 15 is 0 Å². The van der Waals surface area contributed by atoms with Crippen LogP contribution in [-0.2, 0) is 9.59 Å². The molecule has 0 aromatic heterocycles. The standard InChI is InChI=1S/C26H30N2O6/c1-3-10-28-23(17-6-4-7-19(15-17)33-13-5-12-29)22(25(31)26(28)32)24(30)18-8-9-21-20(16-18)27(2)11-14-34-21/h4,6-9,15-16,23,29-30H,3,5,10-14H2,1-2H3/b24-22-. The van der Waals surface area contributed by atoms with Crippen LogP contribution in [0.4, 0.5) is 5.69 Å². The Hall–Kier alpha value is -3.52. The molecule has 0 spiro atoms. The number of fused-ring (bicyclic) bond motifs is 1. The van der Waals surface area contributed by atoms with E-state index in [9.17, 15) is 14.7 Å². The maximum Gasteiger partial charge on any atom is 0.295 e. The van der Waals surface area contributed by atoms with Crippen molar-refractivity contribution in [1.82, 2.24) is 4.90 Å². The number of carbonyl (C=O) groups is 2. The number of carbonyl (C=O) groups excluding carboxylic acids is 2. The molecule has 2 aliphatic heterocycles. The van der Waals surface area contributed by atoms with E-state index in [1.54, 1.807) is 36.4 Å². The number of rotatable bonds is 8. The Bertz CT molecular complexity index is 1110. The lowest BCUT2D eigenvalue weighted by atomic mass is 9.94. The van der Waals surface area contributed by atoms with Crippen molar-refractivity contribution in [2.45, 2.75) is 25.8 Å². The van der Waals surface area contributed by atoms with E-state index in [0.717, 1.165) is 5.69 Å². The van der Waals surface area contributed by atoms with Crippen LogP contribution in [0.1, 0.15) is 36.9 Å². The number of nitrogens with zero attached hydrogens (tertiary/aromatic N) is 2. The van der Waals surface area contributed by atoms with Gasteiger partial charge in [0.1, 0.15) is 23.9 Å². The number of benzene rings is 2. The molecule has 1 fully saturated rings. The summed E-state index contributed by atoms with van der Waals surface area (Å²) in [5, 5.41) is 20.3. The average molecular weight is 467 g/mol. The minimum atomic E-state index is -0.730. The third-order valence-corrected chi connectivity index (χ3v) is 6.08. The molecule has 1 amide bonds. The number of likely N-dealkylation sites (N-methyl/N-ethyl adjacent to an activating group) is 1. The predicted molar refractivity (Wildman–Crippen MR) is 128 cm³/mol. The van der Waals surface area contributed by atoms with Gasteiger partial charge in [-0.05, 0) is 42.3 Å². The molecule has 2 N–H and O–H groups in total. The van der Waals surface area contributed by atoms with Gasteiger partial charge in [-0.25, -0.2) is 0 Å². The predicted octanol–water partition coefficient (Wildman–Crippen LogP) is 3.11. The van der Waals surface area contributed by atoms with Gasteiger partial charge in [0.05, 0.1) is 30.5 Å². The van der Waals surface area contributed by atoms with Crippen molar-refractivity contribution in [3.8, 4) is 11.5 Å². The van der Waals surface area contributed by atoms with Gasteiger partial charge < -0.3 is 29.5 Å². The molecule has 0 radical (unpaired) electrons. The highest BCUT2D eigenvalue weighted by atomic mass is 16.5. The summed E-state index contributed by atoms with van der Waals surface area (Å²) in [7, 11) is 1.94. The van der Waals surface area contributed by atoms with Gasteiger partial charge in [-0.1, -0.05) is 19.1 Å². The number of amides is 1. The molecule has 0 saturated carbocycles. The zero-order valence-corrected chi connectivity index (χ0v) is 19.5. The molecule has 1 unspecified atom stereocenters. The van der Waals surface area contributed by atoms with E-state index in [4.69, 9.17) is 14.6 Å². The molecule has 1 saturated heterocycles. The first-order chi connectivity index (χ1) is 16.5. The monoisotopic (exact) mass is 466 g/mol. The molecule has 8 nitrogen and oxygen atoms in total. The fourth-order valence-corrected chi connectivity index (χ4v) is 4.38. The Kier molecular flexibility index (Phi) is 7.07. The Balaban J connectivity index is 1.79. The Labute approximate surface area is 199 Å². The fraction of sp³-hybridized carbons (Fsp3) is 0.385. The highest BCUT2D eigenvalue weighted by Crippen LogP contribution is 2.41. The summed E-state index contributed by atoms with van der Waals surface area (Å²) in [6.07, 6.45) is 1.16. The van der Waals surface area contributed by atoms with Crippen molar-refractivity contribution in [2.75, 3.05) is 44.9 Å². The average Bonchev–Trinajstić information content (AvgIpc) is 3.09. The van der Waals surface area contributed by atoms with Crippen molar-refractivity contribution in [1.29, 1.82) is 0 Å². The van der Waals surface area contributed by atoms with Gasteiger partial charge in [-0.3, -0.25) is 9.59 Å². The topological polar surface area (TPSA) is 99.5 Å². The van der Waals surface area contributed by atoms with Crippen LogP contribution in [-0.4, -0.2) is 66.8 Å². The maximum atomic E-state index is 13.1. The van der Waals surface area contributed by atoms with Crippen LogP contribution < -0.4 is 14.4 Å². The molecule has 4 rings (SSSR count). The van der Waals surface area contributed by atoms with Crippen LogP contribution in [0.2, 0.25) is 0 Å². The number of aliphatic hydroxyl groups is 2. The van der Waals surface area contributed by atoms with Gasteiger partial charge in [0.15, 0.2) is 0 Å². The number of Topliss-reactive ketones (excluding diaryl/α,β-unsaturated/α-hetero) is 1. The van der Waals surface area contributed by atoms with Gasteiger partial charge in [-0.2, -0.15) is 0 Å². The Morgan fingerprint density at radius 3 is 2.79 bits per heavy atom. The summed E-state index contributed by atoms with van der Waals surface area (Å²) in [5.74, 6) is -0.264. The number of ether oxygens (including phenoxy) is 2. The Morgan fingerprint density at radius 1 is 1.21 bits per heavy atom. The molecule has 34 heavy (non-hydrogen) atoms. The second kappa shape index (κ2) is 10.2. The molecule has 180 valence electrons. The number of hydrogen-bond acceptors (Lipinski definition) is 7. The summed E-state index contributed by atoms with van der Waals surface area (Å²) >= 11 is 0. The molecule has 2 aliphatic rings. The largest absolute Gasteiger partial charge is 0.507 e. The number of anilines is 1. The van der Waals surface area contributed by atoms with Gasteiger partial charge in [-0.15, -0.1) is 0 Å². The number of likely N-dealkylation sites (tertiary alicyclic amines) is 1. The van der Waals surface area contributed by atoms with Crippen LogP contribution in [0, 0.1) is 0 Å². The summed E-state index contributed by atoms with van der Waals surface area (Å²) in [6.45, 7) is 3.97. The molecule has 0 bridgehead atoms. The lowest BCUT2D eigenvalue weighted by Crippen LogP contribution is -2.30. The number of hydrogen-bond donors (Lipinski definition) is 2. The van der Waals surface area contributed by atoms with Crippen LogP contribution in [0.25, 0.3) is 5.76 Å². The van der Waals surface area contributed by atoms with Gasteiger partial charge in [0, 0.05) is 32.2 Å². The van der Waals surface area contributed by atoms with E-state index in [1.807, 2.05) is 24.9 Å². The molecule has 1 atom stereocenters. The summed E-state index contributed by atoms with van der Waals surface area (Å²) in [4.78, 5) is 29.6. The fourth-order valence-electron chi connectivity index (χ4n) is 4.38. The minimum Gasteiger partial charge on any atom is -0.507 e. The van der Waals surface area contributed by atoms with E-state index in [1.165, 1.54) is 4.90 Å². The Morgan fingerprint density at radius 2 is 2.03 bits per heavy atom. The van der Waals surface area contributed by atoms with E-state index in [0.29, 0.717) is 61.8 Å². The van der Waals surface area contributed by atoms with Crippen LogP contribution >= 0.6 is 0 Å². The summed E-state index contributed by atoms with van der Waals surface area (Å²) in [5.41, 5.74) is 2.00. The number of ketones is 1. The first kappa shape index (κ1) is 23.6. The third kappa shape index (κ3) is 4.46. The van der Waals surface area contributed by atoms with Crippen molar-refractivity contribution in [2.24, 2.45) is 0 Å². The molecule has 2 aromatic carbocycles. The second-order valence-corrected chi connectivity index (χ2v) is 8.44. The minimum absolute atomic E-state index is 0.0252. The quantitative estimate of drug-likeness (QED) is 0.267. The van der Waals surface area contributed by atoms with Gasteiger partial charge in [0.2, 0.25) is 0 Å². The molecule has 2 heterocycles.